The van der Waals surface area contributed by atoms with Crippen LogP contribution in [0.5, 0.6) is 0 Å². The summed E-state index contributed by atoms with van der Waals surface area (Å²) in [5.74, 6) is 0. The number of fused-ring (bicyclic) bond motifs is 3. The van der Waals surface area contributed by atoms with Gasteiger partial charge >= 0.3 is 7.12 Å². The molecule has 0 saturated heterocycles. The highest BCUT2D eigenvalue weighted by molar-refractivity contribution is 6.58. The maximum absolute atomic E-state index is 9.96. The molecule has 1 aliphatic rings. The van der Waals surface area contributed by atoms with Crippen LogP contribution in [0.4, 0.5) is 0 Å². The van der Waals surface area contributed by atoms with Gasteiger partial charge in [0.05, 0.1) is 0 Å². The Hall–Kier alpha value is -2.85. The average Bonchev–Trinajstić information content (AvgIpc) is 3.05. The van der Waals surface area contributed by atoms with Gasteiger partial charge in [0.15, 0.2) is 0 Å². The lowest BCUT2D eigenvalue weighted by molar-refractivity contribution is 0.425. The molecule has 0 saturated carbocycles. The van der Waals surface area contributed by atoms with Gasteiger partial charge in [-0.3, -0.25) is 0 Å². The Morgan fingerprint density at radius 1 is 0.667 bits per heavy atom. The minimum atomic E-state index is -1.51. The van der Waals surface area contributed by atoms with Crippen LogP contribution in [0, 0.1) is 13.8 Å². The van der Waals surface area contributed by atoms with Crippen LogP contribution in [0.15, 0.2) is 84.9 Å². The minimum absolute atomic E-state index is 0.384. The third-order valence-electron chi connectivity index (χ3n) is 6.90. The predicted molar refractivity (Wildman–Crippen MR) is 137 cm³/mol. The molecule has 0 bridgehead atoms. The van der Waals surface area contributed by atoms with Crippen LogP contribution in [0.25, 0.3) is 11.1 Å². The summed E-state index contributed by atoms with van der Waals surface area (Å²) in [6.07, 6.45) is 1.57. The summed E-state index contributed by atoms with van der Waals surface area (Å²) in [5, 5.41) is 20.6. The highest BCUT2D eigenvalue weighted by Gasteiger charge is 2.44. The summed E-state index contributed by atoms with van der Waals surface area (Å²) in [4.78, 5) is 0. The van der Waals surface area contributed by atoms with Crippen molar-refractivity contribution in [1.29, 1.82) is 0 Å². The lowest BCUT2D eigenvalue weighted by Crippen LogP contribution is -2.35. The lowest BCUT2D eigenvalue weighted by atomic mass is 9.68. The fourth-order valence-electron chi connectivity index (χ4n) is 5.20. The van der Waals surface area contributed by atoms with E-state index in [2.05, 4.69) is 74.5 Å². The molecule has 5 rings (SSSR count). The van der Waals surface area contributed by atoms with Crippen LogP contribution in [0.3, 0.4) is 0 Å². The van der Waals surface area contributed by atoms with Crippen molar-refractivity contribution in [1.82, 2.24) is 0 Å². The third-order valence-corrected chi connectivity index (χ3v) is 7.13. The van der Waals surface area contributed by atoms with Gasteiger partial charge in [0.2, 0.25) is 0 Å². The molecule has 0 spiro atoms. The van der Waals surface area contributed by atoms with Gasteiger partial charge in [-0.15, -0.1) is 0 Å². The lowest BCUT2D eigenvalue weighted by Gasteiger charge is -2.33. The molecular weight excluding hydrogens is 427 g/mol. The van der Waals surface area contributed by atoms with Crippen molar-refractivity contribution < 1.29 is 10.0 Å². The van der Waals surface area contributed by atoms with Gasteiger partial charge in [0.25, 0.3) is 0 Å². The van der Waals surface area contributed by atoms with E-state index in [1.165, 1.54) is 27.8 Å². The Balaban J connectivity index is 1.77. The van der Waals surface area contributed by atoms with Crippen molar-refractivity contribution in [2.24, 2.45) is 0 Å². The first-order valence-corrected chi connectivity index (χ1v) is 11.7. The maximum atomic E-state index is 9.96. The van der Waals surface area contributed by atoms with E-state index in [0.717, 1.165) is 29.5 Å². The van der Waals surface area contributed by atoms with E-state index < -0.39 is 7.12 Å². The molecule has 0 aromatic heterocycles. The highest BCUT2D eigenvalue weighted by atomic mass is 35.5. The van der Waals surface area contributed by atoms with Gasteiger partial charge in [-0.2, -0.15) is 0 Å². The Morgan fingerprint density at radius 2 is 1.15 bits per heavy atom. The van der Waals surface area contributed by atoms with Crippen molar-refractivity contribution in [3.05, 3.63) is 123 Å². The summed E-state index contributed by atoms with van der Waals surface area (Å²) >= 11 is 6.54. The summed E-state index contributed by atoms with van der Waals surface area (Å²) in [7, 11) is -1.51. The number of halogens is 1. The molecule has 1 aliphatic carbocycles. The smallest absolute Gasteiger partial charge is 0.423 e. The molecule has 4 heteroatoms. The molecule has 0 aliphatic heterocycles. The summed E-state index contributed by atoms with van der Waals surface area (Å²) in [6.45, 7) is 4.20. The molecule has 0 fully saturated rings. The predicted octanol–water partition coefficient (Wildman–Crippen LogP) is 5.39. The first-order valence-electron chi connectivity index (χ1n) is 11.3. The number of aryl methyl sites for hydroxylation is 2. The largest absolute Gasteiger partial charge is 0.488 e. The number of hydrogen-bond acceptors (Lipinski definition) is 2. The van der Waals surface area contributed by atoms with Crippen molar-refractivity contribution in [3.63, 3.8) is 0 Å². The van der Waals surface area contributed by atoms with Crippen LogP contribution in [-0.2, 0) is 18.3 Å². The van der Waals surface area contributed by atoms with Gasteiger partial charge in [-0.05, 0) is 77.7 Å². The molecule has 164 valence electrons. The molecule has 0 unspecified atom stereocenters. The van der Waals surface area contributed by atoms with Crippen LogP contribution in [-0.4, -0.2) is 17.2 Å². The number of benzene rings is 4. The minimum Gasteiger partial charge on any atom is -0.423 e. The zero-order valence-electron chi connectivity index (χ0n) is 18.8. The number of rotatable bonds is 5. The van der Waals surface area contributed by atoms with Gasteiger partial charge in [0, 0.05) is 10.4 Å². The Morgan fingerprint density at radius 3 is 1.67 bits per heavy atom. The second-order valence-corrected chi connectivity index (χ2v) is 9.71. The first-order chi connectivity index (χ1) is 15.9. The standard InChI is InChI=1S/C29H26BClO2/c1-19-3-7-21(8-4-19)17-29(18-22-9-5-20(2)6-10-22)27-15-23(30(32)33)11-13-25(27)26-14-12-24(31)16-28(26)29/h3-16,32-33H,17-18H2,1-2H3. The van der Waals surface area contributed by atoms with E-state index >= 15 is 0 Å². The molecule has 2 N–H and O–H groups in total. The first kappa shape index (κ1) is 22.0. The van der Waals surface area contributed by atoms with Gasteiger partial charge < -0.3 is 10.0 Å². The fourth-order valence-corrected chi connectivity index (χ4v) is 5.37. The van der Waals surface area contributed by atoms with Gasteiger partial charge in [-0.25, -0.2) is 0 Å². The second-order valence-electron chi connectivity index (χ2n) is 9.28. The quantitative estimate of drug-likeness (QED) is 0.399. The zero-order valence-corrected chi connectivity index (χ0v) is 19.6. The van der Waals surface area contributed by atoms with E-state index in [1.807, 2.05) is 18.2 Å². The van der Waals surface area contributed by atoms with E-state index in [1.54, 1.807) is 6.07 Å². The molecule has 0 amide bonds. The topological polar surface area (TPSA) is 40.5 Å². The molecule has 0 radical (unpaired) electrons. The highest BCUT2D eigenvalue weighted by Crippen LogP contribution is 2.52. The van der Waals surface area contributed by atoms with Gasteiger partial charge in [-0.1, -0.05) is 95.5 Å². The second kappa shape index (κ2) is 8.50. The monoisotopic (exact) mass is 452 g/mol. The van der Waals surface area contributed by atoms with Crippen molar-refractivity contribution in [3.8, 4) is 11.1 Å². The van der Waals surface area contributed by atoms with Gasteiger partial charge in [0.1, 0.15) is 0 Å². The Bertz CT molecular complexity index is 1260. The molecule has 33 heavy (non-hydrogen) atoms. The van der Waals surface area contributed by atoms with Crippen LogP contribution >= 0.6 is 11.6 Å². The van der Waals surface area contributed by atoms with Crippen molar-refractivity contribution >= 4 is 24.2 Å². The van der Waals surface area contributed by atoms with Crippen LogP contribution in [0.2, 0.25) is 5.02 Å². The van der Waals surface area contributed by atoms with E-state index in [-0.39, 0.29) is 5.41 Å². The molecule has 0 atom stereocenters. The third kappa shape index (κ3) is 4.02. The van der Waals surface area contributed by atoms with E-state index in [9.17, 15) is 10.0 Å². The van der Waals surface area contributed by atoms with E-state index in [0.29, 0.717) is 10.5 Å². The van der Waals surface area contributed by atoms with Crippen LogP contribution in [0.1, 0.15) is 33.4 Å². The summed E-state index contributed by atoms with van der Waals surface area (Å²) in [6, 6.07) is 29.3. The SMILES string of the molecule is Cc1ccc(CC2(Cc3ccc(C)cc3)c3cc(Cl)ccc3-c3ccc(B(O)O)cc32)cc1. The summed E-state index contributed by atoms with van der Waals surface area (Å²) < 4.78 is 0. The molecule has 4 aromatic rings. The summed E-state index contributed by atoms with van der Waals surface area (Å²) in [5.41, 5.74) is 9.65. The Kier molecular flexibility index (Phi) is 5.66. The molecule has 4 aromatic carbocycles. The average molecular weight is 453 g/mol. The fraction of sp³-hybridized carbons (Fsp3) is 0.172. The molecule has 0 heterocycles. The maximum Gasteiger partial charge on any atom is 0.488 e. The zero-order chi connectivity index (χ0) is 23.2. The van der Waals surface area contributed by atoms with E-state index in [4.69, 9.17) is 11.6 Å². The van der Waals surface area contributed by atoms with Crippen molar-refractivity contribution in [2.45, 2.75) is 32.1 Å². The number of hydrogen-bond donors (Lipinski definition) is 2. The van der Waals surface area contributed by atoms with Crippen molar-refractivity contribution in [2.75, 3.05) is 0 Å². The Labute approximate surface area is 200 Å². The normalized spacial score (nSPS) is 13.5. The van der Waals surface area contributed by atoms with Crippen LogP contribution < -0.4 is 5.46 Å². The molecular formula is C29H26BClO2. The molecule has 2 nitrogen and oxygen atoms in total.